The number of carboxylic acids is 1. The van der Waals surface area contributed by atoms with Crippen molar-refractivity contribution < 1.29 is 14.6 Å². The van der Waals surface area contributed by atoms with Gasteiger partial charge < -0.3 is 15.2 Å². The molecule has 2 rings (SSSR count). The molecule has 1 unspecified atom stereocenters. The Balaban J connectivity index is 2.04. The van der Waals surface area contributed by atoms with Crippen molar-refractivity contribution in [3.8, 4) is 0 Å². The summed E-state index contributed by atoms with van der Waals surface area (Å²) in [7, 11) is 0. The molecule has 0 aliphatic carbocycles. The van der Waals surface area contributed by atoms with Crippen molar-refractivity contribution in [2.75, 3.05) is 25.1 Å². The van der Waals surface area contributed by atoms with Crippen LogP contribution >= 0.6 is 11.6 Å². The molecule has 1 aliphatic rings. The zero-order valence-electron chi connectivity index (χ0n) is 9.99. The number of benzene rings is 1. The number of nitrogens with one attached hydrogen (secondary N) is 1. The minimum absolute atomic E-state index is 0.135. The molecule has 18 heavy (non-hydrogen) atoms. The van der Waals surface area contributed by atoms with Crippen LogP contribution in [0, 0.1) is 5.92 Å². The van der Waals surface area contributed by atoms with E-state index in [-0.39, 0.29) is 10.6 Å². The minimum atomic E-state index is -1.01. The lowest BCUT2D eigenvalue weighted by Gasteiger charge is -2.23. The summed E-state index contributed by atoms with van der Waals surface area (Å²) in [6, 6.07) is 5.06. The number of carbonyl (C=O) groups is 1. The second-order valence-corrected chi connectivity index (χ2v) is 4.84. The summed E-state index contributed by atoms with van der Waals surface area (Å²) in [6.45, 7) is 2.27. The lowest BCUT2D eigenvalue weighted by molar-refractivity contribution is 0.0595. The third-order valence-electron chi connectivity index (χ3n) is 3.06. The fraction of sp³-hybridized carbons (Fsp3) is 0.462. The van der Waals surface area contributed by atoms with Gasteiger partial charge >= 0.3 is 5.97 Å². The van der Waals surface area contributed by atoms with Crippen molar-refractivity contribution >= 4 is 23.3 Å². The van der Waals surface area contributed by atoms with Crippen molar-refractivity contribution in [3.05, 3.63) is 28.8 Å². The largest absolute Gasteiger partial charge is 0.478 e. The quantitative estimate of drug-likeness (QED) is 0.882. The van der Waals surface area contributed by atoms with Gasteiger partial charge in [-0.15, -0.1) is 0 Å². The van der Waals surface area contributed by atoms with Crippen LogP contribution in [0.1, 0.15) is 23.2 Å². The van der Waals surface area contributed by atoms with Gasteiger partial charge in [0, 0.05) is 13.2 Å². The number of ether oxygens (including phenoxy) is 1. The van der Waals surface area contributed by atoms with Crippen LogP contribution in [-0.2, 0) is 4.74 Å². The van der Waals surface area contributed by atoms with Gasteiger partial charge in [0.2, 0.25) is 0 Å². The van der Waals surface area contributed by atoms with Gasteiger partial charge in [0.25, 0.3) is 0 Å². The average Bonchev–Trinajstić information content (AvgIpc) is 2.37. The van der Waals surface area contributed by atoms with Crippen LogP contribution in [0.3, 0.4) is 0 Å². The predicted octanol–water partition coefficient (Wildman–Crippen LogP) is 2.88. The van der Waals surface area contributed by atoms with Crippen LogP contribution in [0.15, 0.2) is 18.2 Å². The number of hydrogen-bond acceptors (Lipinski definition) is 3. The maximum absolute atomic E-state index is 11.1. The second-order valence-electron chi connectivity index (χ2n) is 4.43. The number of hydrogen-bond donors (Lipinski definition) is 2. The van der Waals surface area contributed by atoms with Gasteiger partial charge in [0.1, 0.15) is 5.56 Å². The summed E-state index contributed by atoms with van der Waals surface area (Å²) in [6.07, 6.45) is 2.17. The fourth-order valence-electron chi connectivity index (χ4n) is 2.11. The molecule has 1 aromatic rings. The van der Waals surface area contributed by atoms with Crippen LogP contribution in [0.25, 0.3) is 0 Å². The van der Waals surface area contributed by atoms with Crippen molar-refractivity contribution in [3.63, 3.8) is 0 Å². The van der Waals surface area contributed by atoms with E-state index < -0.39 is 5.97 Å². The number of rotatable bonds is 4. The van der Waals surface area contributed by atoms with Crippen LogP contribution in [0.5, 0.6) is 0 Å². The Morgan fingerprint density at radius 1 is 1.56 bits per heavy atom. The summed E-state index contributed by atoms with van der Waals surface area (Å²) in [5.74, 6) is -0.581. The second kappa shape index (κ2) is 6.07. The Hall–Kier alpha value is -1.26. The molecule has 0 amide bonds. The van der Waals surface area contributed by atoms with Crippen LogP contribution in [0.4, 0.5) is 5.69 Å². The number of aromatic carboxylic acids is 1. The fourth-order valence-corrected chi connectivity index (χ4v) is 2.37. The molecule has 1 aromatic carbocycles. The summed E-state index contributed by atoms with van der Waals surface area (Å²) >= 11 is 5.90. The molecule has 5 heteroatoms. The first-order valence-electron chi connectivity index (χ1n) is 6.02. The normalized spacial score (nSPS) is 19.5. The number of halogens is 1. The molecular weight excluding hydrogens is 254 g/mol. The molecule has 0 spiro atoms. The molecule has 0 saturated carbocycles. The van der Waals surface area contributed by atoms with E-state index in [1.54, 1.807) is 18.2 Å². The van der Waals surface area contributed by atoms with Crippen LogP contribution in [-0.4, -0.2) is 30.8 Å². The highest BCUT2D eigenvalue weighted by Gasteiger charge is 2.17. The van der Waals surface area contributed by atoms with E-state index in [9.17, 15) is 4.79 Å². The molecular formula is C13H16ClNO3. The zero-order chi connectivity index (χ0) is 13.0. The molecule has 2 N–H and O–H groups in total. The van der Waals surface area contributed by atoms with E-state index in [1.165, 1.54) is 0 Å². The molecule has 1 atom stereocenters. The first kappa shape index (κ1) is 13.2. The third kappa shape index (κ3) is 3.15. The van der Waals surface area contributed by atoms with Gasteiger partial charge in [-0.25, -0.2) is 4.79 Å². The molecule has 98 valence electrons. The molecule has 1 heterocycles. The lowest BCUT2D eigenvalue weighted by atomic mass is 10.0. The Morgan fingerprint density at radius 3 is 3.06 bits per heavy atom. The summed E-state index contributed by atoms with van der Waals surface area (Å²) < 4.78 is 5.39. The Morgan fingerprint density at radius 2 is 2.39 bits per heavy atom. The van der Waals surface area contributed by atoms with Crippen LogP contribution in [0.2, 0.25) is 5.02 Å². The molecule has 1 saturated heterocycles. The Bertz CT molecular complexity index is 430. The van der Waals surface area contributed by atoms with Gasteiger partial charge in [-0.1, -0.05) is 17.7 Å². The van der Waals surface area contributed by atoms with Crippen molar-refractivity contribution in [2.45, 2.75) is 12.8 Å². The summed E-state index contributed by atoms with van der Waals surface area (Å²) in [4.78, 5) is 11.1. The standard InChI is InChI=1S/C13H16ClNO3/c14-10-4-1-5-11(12(10)13(16)17)15-7-9-3-2-6-18-8-9/h1,4-5,9,15H,2-3,6-8H2,(H,16,17). The van der Waals surface area contributed by atoms with Crippen molar-refractivity contribution in [1.82, 2.24) is 0 Å². The summed E-state index contributed by atoms with van der Waals surface area (Å²) in [5, 5.41) is 12.6. The van der Waals surface area contributed by atoms with E-state index in [0.717, 1.165) is 26.1 Å². The maximum atomic E-state index is 11.1. The van der Waals surface area contributed by atoms with E-state index in [0.29, 0.717) is 18.2 Å². The minimum Gasteiger partial charge on any atom is -0.478 e. The van der Waals surface area contributed by atoms with Crippen molar-refractivity contribution in [2.24, 2.45) is 5.92 Å². The third-order valence-corrected chi connectivity index (χ3v) is 3.38. The molecule has 0 bridgehead atoms. The van der Waals surface area contributed by atoms with Gasteiger partial charge in [0.15, 0.2) is 0 Å². The molecule has 1 aliphatic heterocycles. The Labute approximate surface area is 111 Å². The van der Waals surface area contributed by atoms with Gasteiger partial charge in [-0.2, -0.15) is 0 Å². The summed E-state index contributed by atoms with van der Waals surface area (Å²) in [5.41, 5.74) is 0.705. The highest BCUT2D eigenvalue weighted by molar-refractivity contribution is 6.34. The number of anilines is 1. The topological polar surface area (TPSA) is 58.6 Å². The molecule has 1 fully saturated rings. The SMILES string of the molecule is O=C(O)c1c(Cl)cccc1NCC1CCCOC1. The highest BCUT2D eigenvalue weighted by Crippen LogP contribution is 2.25. The van der Waals surface area contributed by atoms with Gasteiger partial charge in [-0.05, 0) is 30.9 Å². The van der Waals surface area contributed by atoms with Crippen LogP contribution < -0.4 is 5.32 Å². The Kier molecular flexibility index (Phi) is 4.44. The van der Waals surface area contributed by atoms with Gasteiger partial charge in [-0.3, -0.25) is 0 Å². The zero-order valence-corrected chi connectivity index (χ0v) is 10.7. The van der Waals surface area contributed by atoms with E-state index in [1.807, 2.05) is 0 Å². The molecule has 0 radical (unpaired) electrons. The van der Waals surface area contributed by atoms with Gasteiger partial charge in [0.05, 0.1) is 17.3 Å². The predicted molar refractivity (Wildman–Crippen MR) is 70.4 cm³/mol. The number of carboxylic acid groups (broad SMARTS) is 1. The lowest BCUT2D eigenvalue weighted by Crippen LogP contribution is -2.24. The van der Waals surface area contributed by atoms with E-state index in [2.05, 4.69) is 5.32 Å². The molecule has 4 nitrogen and oxygen atoms in total. The first-order chi connectivity index (χ1) is 8.68. The van der Waals surface area contributed by atoms with Crippen molar-refractivity contribution in [1.29, 1.82) is 0 Å². The highest BCUT2D eigenvalue weighted by atomic mass is 35.5. The van der Waals surface area contributed by atoms with E-state index >= 15 is 0 Å². The molecule has 0 aromatic heterocycles. The first-order valence-corrected chi connectivity index (χ1v) is 6.39. The monoisotopic (exact) mass is 269 g/mol. The average molecular weight is 270 g/mol. The maximum Gasteiger partial charge on any atom is 0.339 e. The smallest absolute Gasteiger partial charge is 0.339 e. The van der Waals surface area contributed by atoms with E-state index in [4.69, 9.17) is 21.4 Å².